The van der Waals surface area contributed by atoms with Crippen LogP contribution in [0.4, 0.5) is 0 Å². The first kappa shape index (κ1) is 35.1. The van der Waals surface area contributed by atoms with E-state index in [-0.39, 0.29) is 18.5 Å². The number of rotatable bonds is 12. The van der Waals surface area contributed by atoms with Gasteiger partial charge in [0.15, 0.2) is 17.4 Å². The molecule has 188 valence electrons. The molecule has 0 heterocycles. The zero-order chi connectivity index (χ0) is 25.9. The Morgan fingerprint density at radius 1 is 0.938 bits per heavy atom. The first-order valence-corrected chi connectivity index (χ1v) is 17.0. The maximum atomic E-state index is 11.1. The fraction of sp³-hybridized carbons (Fsp3) is 0.667. The van der Waals surface area contributed by atoms with Gasteiger partial charge in [0.25, 0.3) is 0 Å². The average molecular weight is 489 g/mol. The first-order chi connectivity index (χ1) is 14.6. The fourth-order valence-corrected chi connectivity index (χ4v) is 8.86. The molecule has 0 spiro atoms. The van der Waals surface area contributed by atoms with Crippen molar-refractivity contribution in [1.29, 1.82) is 0 Å². The molecule has 0 aliphatic heterocycles. The predicted molar refractivity (Wildman–Crippen MR) is 140 cm³/mol. The molecule has 0 fully saturated rings. The smallest absolute Gasteiger partial charge is 0.333 e. The summed E-state index contributed by atoms with van der Waals surface area (Å²) in [6.07, 6.45) is 3.15. The van der Waals surface area contributed by atoms with E-state index in [0.29, 0.717) is 30.0 Å². The molecule has 6 nitrogen and oxygen atoms in total. The van der Waals surface area contributed by atoms with Gasteiger partial charge in [0, 0.05) is 11.1 Å². The quantitative estimate of drug-likeness (QED) is 0.113. The van der Waals surface area contributed by atoms with Gasteiger partial charge >= 0.3 is 11.9 Å². The standard InChI is InChI=1S/C11H24O3Si2.C7H10O2.C6H14O/c1-10(2)11(12)13-8-7-9-16(5,6)14-15(3)4;1-4-5-9-7(8)6(2)3;1-5(2)7-6(3)4/h15H,1,7-9H2,2-6H3;4H,1-2,5H2,3H3;5-6H,1-4H3. The van der Waals surface area contributed by atoms with E-state index in [0.717, 1.165) is 12.5 Å². The molecule has 0 saturated heterocycles. The van der Waals surface area contributed by atoms with Gasteiger partial charge in [0.05, 0.1) is 18.8 Å². The molecule has 0 radical (unpaired) electrons. The maximum Gasteiger partial charge on any atom is 0.333 e. The minimum Gasteiger partial charge on any atom is -0.462 e. The lowest BCUT2D eigenvalue weighted by Crippen LogP contribution is -2.35. The highest BCUT2D eigenvalue weighted by molar-refractivity contribution is 6.77. The molecule has 0 amide bonds. The molecule has 0 aliphatic rings. The summed E-state index contributed by atoms with van der Waals surface area (Å²) in [5.74, 6) is -0.659. The van der Waals surface area contributed by atoms with Gasteiger partial charge in [-0.05, 0) is 80.2 Å². The first-order valence-electron chi connectivity index (χ1n) is 11.1. The Kier molecular flexibility index (Phi) is 22.1. The van der Waals surface area contributed by atoms with Crippen LogP contribution >= 0.6 is 0 Å². The van der Waals surface area contributed by atoms with Crippen LogP contribution in [-0.2, 0) is 27.9 Å². The van der Waals surface area contributed by atoms with E-state index in [9.17, 15) is 9.59 Å². The van der Waals surface area contributed by atoms with Gasteiger partial charge < -0.3 is 18.3 Å². The summed E-state index contributed by atoms with van der Waals surface area (Å²) in [4.78, 5) is 21.6. The Labute approximate surface area is 199 Å². The molecule has 0 aromatic carbocycles. The van der Waals surface area contributed by atoms with Crippen LogP contribution < -0.4 is 0 Å². The number of carbonyl (C=O) groups is 2. The molecular weight excluding hydrogens is 440 g/mol. The summed E-state index contributed by atoms with van der Waals surface area (Å²) in [6, 6.07) is 1.04. The monoisotopic (exact) mass is 488 g/mol. The Balaban J connectivity index is -0.000000442. The SMILES string of the molecule is C=C(C)C(=O)OCCC[Si](C)(C)O[SiH](C)C.C=CCOC(=O)C(=C)C.CC(C)OC(C)C. The Bertz CT molecular complexity index is 563. The van der Waals surface area contributed by atoms with E-state index in [1.807, 2.05) is 27.7 Å². The van der Waals surface area contributed by atoms with Gasteiger partial charge in [-0.25, -0.2) is 9.59 Å². The van der Waals surface area contributed by atoms with Crippen molar-refractivity contribution in [3.63, 3.8) is 0 Å². The fourth-order valence-electron chi connectivity index (χ4n) is 2.29. The topological polar surface area (TPSA) is 71.1 Å². The normalized spacial score (nSPS) is 10.5. The molecule has 0 N–H and O–H groups in total. The Hall–Kier alpha value is -1.49. The molecule has 0 bridgehead atoms. The molecule has 0 rings (SSSR count). The van der Waals surface area contributed by atoms with Gasteiger partial charge in [-0.3, -0.25) is 0 Å². The number of esters is 2. The Morgan fingerprint density at radius 3 is 1.69 bits per heavy atom. The van der Waals surface area contributed by atoms with E-state index in [2.05, 4.69) is 50.7 Å². The van der Waals surface area contributed by atoms with E-state index >= 15 is 0 Å². The molecule has 0 saturated carbocycles. The lowest BCUT2D eigenvalue weighted by molar-refractivity contribution is -0.139. The van der Waals surface area contributed by atoms with Crippen LogP contribution in [0.2, 0.25) is 32.2 Å². The summed E-state index contributed by atoms with van der Waals surface area (Å²) in [7, 11) is -2.46. The van der Waals surface area contributed by atoms with Gasteiger partial charge in [-0.2, -0.15) is 0 Å². The third kappa shape index (κ3) is 28.5. The van der Waals surface area contributed by atoms with Crippen LogP contribution in [0.25, 0.3) is 0 Å². The lowest BCUT2D eigenvalue weighted by Gasteiger charge is -2.25. The Morgan fingerprint density at radius 2 is 1.38 bits per heavy atom. The van der Waals surface area contributed by atoms with Crippen LogP contribution in [0.5, 0.6) is 0 Å². The zero-order valence-corrected chi connectivity index (χ0v) is 24.4. The molecule has 0 unspecified atom stereocenters. The van der Waals surface area contributed by atoms with Crippen molar-refractivity contribution in [2.75, 3.05) is 13.2 Å². The summed E-state index contributed by atoms with van der Waals surface area (Å²) in [6.45, 7) is 31.3. The van der Waals surface area contributed by atoms with Crippen LogP contribution in [-0.4, -0.2) is 54.7 Å². The van der Waals surface area contributed by atoms with Crippen molar-refractivity contribution >= 4 is 29.3 Å². The van der Waals surface area contributed by atoms with Crippen LogP contribution in [0.1, 0.15) is 48.0 Å². The average Bonchev–Trinajstić information content (AvgIpc) is 2.61. The highest BCUT2D eigenvalue weighted by Crippen LogP contribution is 2.15. The van der Waals surface area contributed by atoms with Crippen molar-refractivity contribution in [3.05, 3.63) is 37.0 Å². The van der Waals surface area contributed by atoms with Crippen molar-refractivity contribution in [3.8, 4) is 0 Å². The molecule has 8 heteroatoms. The molecule has 0 atom stereocenters. The van der Waals surface area contributed by atoms with Crippen molar-refractivity contribution < 1.29 is 27.9 Å². The second kappa shape index (κ2) is 20.1. The van der Waals surface area contributed by atoms with E-state index in [4.69, 9.17) is 13.6 Å². The number of ether oxygens (including phenoxy) is 3. The molecular formula is C24H48O6Si2. The minimum atomic E-state index is -1.52. The summed E-state index contributed by atoms with van der Waals surface area (Å²) in [5.41, 5.74) is 0.874. The number of hydrogen-bond acceptors (Lipinski definition) is 6. The summed E-state index contributed by atoms with van der Waals surface area (Å²) < 4.78 is 20.9. The third-order valence-corrected chi connectivity index (χ3v) is 9.28. The lowest BCUT2D eigenvalue weighted by atomic mass is 10.4. The van der Waals surface area contributed by atoms with Crippen molar-refractivity contribution in [2.45, 2.75) is 92.4 Å². The van der Waals surface area contributed by atoms with E-state index in [1.165, 1.54) is 6.08 Å². The molecule has 0 aliphatic carbocycles. The van der Waals surface area contributed by atoms with Crippen molar-refractivity contribution in [2.24, 2.45) is 0 Å². The summed E-state index contributed by atoms with van der Waals surface area (Å²) >= 11 is 0. The second-order valence-corrected chi connectivity index (χ2v) is 15.9. The van der Waals surface area contributed by atoms with Gasteiger partial charge in [0.1, 0.15) is 6.61 Å². The predicted octanol–water partition coefficient (Wildman–Crippen LogP) is 5.81. The minimum absolute atomic E-state index is 0.256. The van der Waals surface area contributed by atoms with Crippen LogP contribution in [0, 0.1) is 0 Å². The van der Waals surface area contributed by atoms with E-state index < -0.39 is 17.4 Å². The largest absolute Gasteiger partial charge is 0.462 e. The molecule has 0 aromatic rings. The van der Waals surface area contributed by atoms with Crippen LogP contribution in [0.15, 0.2) is 37.0 Å². The maximum absolute atomic E-state index is 11.1. The number of hydrogen-bond donors (Lipinski definition) is 0. The van der Waals surface area contributed by atoms with Crippen molar-refractivity contribution in [1.82, 2.24) is 0 Å². The highest BCUT2D eigenvalue weighted by Gasteiger charge is 2.23. The second-order valence-electron chi connectivity index (χ2n) is 8.85. The highest BCUT2D eigenvalue weighted by atomic mass is 28.4. The zero-order valence-electron chi connectivity index (χ0n) is 22.2. The summed E-state index contributed by atoms with van der Waals surface area (Å²) in [5, 5.41) is 0. The van der Waals surface area contributed by atoms with E-state index in [1.54, 1.807) is 13.8 Å². The van der Waals surface area contributed by atoms with Crippen LogP contribution in [0.3, 0.4) is 0 Å². The number of carbonyl (C=O) groups excluding carboxylic acids is 2. The molecule has 0 aromatic heterocycles. The molecule has 32 heavy (non-hydrogen) atoms. The van der Waals surface area contributed by atoms with Gasteiger partial charge in [0.2, 0.25) is 0 Å². The third-order valence-electron chi connectivity index (χ3n) is 3.28. The van der Waals surface area contributed by atoms with Gasteiger partial charge in [-0.1, -0.05) is 25.8 Å². The van der Waals surface area contributed by atoms with Gasteiger partial charge in [-0.15, -0.1) is 0 Å².